The Morgan fingerprint density at radius 2 is 2.00 bits per heavy atom. The summed E-state index contributed by atoms with van der Waals surface area (Å²) in [5.74, 6) is 0.408. The predicted octanol–water partition coefficient (Wildman–Crippen LogP) is 2.78. The van der Waals surface area contributed by atoms with Crippen molar-refractivity contribution in [3.8, 4) is 0 Å². The Labute approximate surface area is 153 Å². The van der Waals surface area contributed by atoms with Crippen LogP contribution in [-0.2, 0) is 25.8 Å². The first-order chi connectivity index (χ1) is 12.7. The molecule has 0 saturated carbocycles. The Morgan fingerprint density at radius 1 is 1.12 bits per heavy atom. The lowest BCUT2D eigenvalue weighted by molar-refractivity contribution is 0.0946. The van der Waals surface area contributed by atoms with Gasteiger partial charge in [0.05, 0.1) is 6.54 Å². The third-order valence-corrected chi connectivity index (χ3v) is 5.19. The zero-order chi connectivity index (χ0) is 17.9. The summed E-state index contributed by atoms with van der Waals surface area (Å²) in [5.41, 5.74) is 12.8. The zero-order valence-corrected chi connectivity index (χ0v) is 14.8. The van der Waals surface area contributed by atoms with E-state index in [2.05, 4.69) is 33.8 Å². The van der Waals surface area contributed by atoms with Crippen LogP contribution in [0.25, 0.3) is 0 Å². The first-order valence-corrected chi connectivity index (χ1v) is 9.28. The second-order valence-electron chi connectivity index (χ2n) is 6.97. The normalized spacial score (nSPS) is 16.5. The highest BCUT2D eigenvalue weighted by atomic mass is 16.1. The number of benzene rings is 2. The quantitative estimate of drug-likeness (QED) is 0.589. The van der Waals surface area contributed by atoms with Gasteiger partial charge in [-0.1, -0.05) is 24.3 Å². The van der Waals surface area contributed by atoms with E-state index in [0.29, 0.717) is 19.0 Å². The summed E-state index contributed by atoms with van der Waals surface area (Å²) < 4.78 is 0. The molecular formula is C21H24N4O. The maximum Gasteiger partial charge on any atom is 0.251 e. The molecule has 0 fully saturated rings. The van der Waals surface area contributed by atoms with E-state index >= 15 is 0 Å². The molecule has 2 aliphatic rings. The van der Waals surface area contributed by atoms with Crippen molar-refractivity contribution < 1.29 is 4.79 Å². The SMILES string of the molecule is NC(=NCc1ccc2c(c1)C(=O)NCC2)Nc1cccc2c1CCCC2. The Morgan fingerprint density at radius 3 is 2.92 bits per heavy atom. The van der Waals surface area contributed by atoms with Gasteiger partial charge in [-0.2, -0.15) is 0 Å². The van der Waals surface area contributed by atoms with Crippen LogP contribution in [0.1, 0.15) is 45.5 Å². The summed E-state index contributed by atoms with van der Waals surface area (Å²) in [4.78, 5) is 16.4. The summed E-state index contributed by atoms with van der Waals surface area (Å²) in [6.45, 7) is 1.16. The van der Waals surface area contributed by atoms with Crippen molar-refractivity contribution in [2.75, 3.05) is 11.9 Å². The number of aryl methyl sites for hydroxylation is 1. The third kappa shape index (κ3) is 3.43. The molecular weight excluding hydrogens is 324 g/mol. The van der Waals surface area contributed by atoms with E-state index in [1.54, 1.807) is 0 Å². The van der Waals surface area contributed by atoms with Crippen LogP contribution in [0.2, 0.25) is 0 Å². The number of guanidine groups is 1. The largest absolute Gasteiger partial charge is 0.370 e. The molecule has 0 saturated heterocycles. The smallest absolute Gasteiger partial charge is 0.251 e. The van der Waals surface area contributed by atoms with Crippen LogP contribution in [0.15, 0.2) is 41.4 Å². The second kappa shape index (κ2) is 7.20. The van der Waals surface area contributed by atoms with Gasteiger partial charge >= 0.3 is 0 Å². The lowest BCUT2D eigenvalue weighted by Gasteiger charge is -2.20. The molecule has 5 nitrogen and oxygen atoms in total. The number of carbonyl (C=O) groups excluding carboxylic acids is 1. The molecule has 0 spiro atoms. The Hall–Kier alpha value is -2.82. The molecule has 4 rings (SSSR count). The number of carbonyl (C=O) groups is 1. The molecule has 0 aromatic heterocycles. The number of rotatable bonds is 3. The minimum atomic E-state index is -0.000843. The number of aliphatic imine (C=N–C) groups is 1. The van der Waals surface area contributed by atoms with Crippen LogP contribution in [0.5, 0.6) is 0 Å². The number of amides is 1. The van der Waals surface area contributed by atoms with E-state index in [0.717, 1.165) is 41.6 Å². The number of hydrogen-bond acceptors (Lipinski definition) is 2. The van der Waals surface area contributed by atoms with Crippen LogP contribution in [0.3, 0.4) is 0 Å². The lowest BCUT2D eigenvalue weighted by atomic mass is 9.90. The maximum atomic E-state index is 12.0. The molecule has 1 heterocycles. The minimum absolute atomic E-state index is 0.000843. The summed E-state index contributed by atoms with van der Waals surface area (Å²) in [5, 5.41) is 6.14. The first kappa shape index (κ1) is 16.6. The fourth-order valence-electron chi connectivity index (χ4n) is 3.81. The average molecular weight is 348 g/mol. The number of nitrogens with zero attached hydrogens (tertiary/aromatic N) is 1. The molecule has 26 heavy (non-hydrogen) atoms. The van der Waals surface area contributed by atoms with Crippen molar-refractivity contribution in [2.24, 2.45) is 10.7 Å². The fraction of sp³-hybridized carbons (Fsp3) is 0.333. The van der Waals surface area contributed by atoms with Crippen molar-refractivity contribution in [3.05, 3.63) is 64.2 Å². The standard InChI is InChI=1S/C21H24N4O/c22-21(25-19-7-3-5-15-4-1-2-6-17(15)19)24-13-14-8-9-16-10-11-23-20(26)18(16)12-14/h3,5,7-9,12H,1-2,4,6,10-11,13H2,(H,23,26)(H3,22,24,25). The van der Waals surface area contributed by atoms with Gasteiger partial charge in [-0.25, -0.2) is 4.99 Å². The highest BCUT2D eigenvalue weighted by Gasteiger charge is 2.16. The highest BCUT2D eigenvalue weighted by Crippen LogP contribution is 2.27. The van der Waals surface area contributed by atoms with Crippen LogP contribution >= 0.6 is 0 Å². The van der Waals surface area contributed by atoms with E-state index in [4.69, 9.17) is 5.73 Å². The molecule has 134 valence electrons. The molecule has 1 aliphatic heterocycles. The van der Waals surface area contributed by atoms with Crippen molar-refractivity contribution in [1.82, 2.24) is 5.32 Å². The van der Waals surface area contributed by atoms with Gasteiger partial charge in [0.1, 0.15) is 0 Å². The van der Waals surface area contributed by atoms with E-state index in [-0.39, 0.29) is 5.91 Å². The van der Waals surface area contributed by atoms with Gasteiger partial charge in [-0.3, -0.25) is 4.79 Å². The number of hydrogen-bond donors (Lipinski definition) is 3. The van der Waals surface area contributed by atoms with Gasteiger partial charge in [-0.15, -0.1) is 0 Å². The molecule has 2 aromatic carbocycles. The van der Waals surface area contributed by atoms with Crippen molar-refractivity contribution in [1.29, 1.82) is 0 Å². The summed E-state index contributed by atoms with van der Waals surface area (Å²) >= 11 is 0. The van der Waals surface area contributed by atoms with Crippen LogP contribution in [0.4, 0.5) is 5.69 Å². The molecule has 1 amide bonds. The van der Waals surface area contributed by atoms with Crippen molar-refractivity contribution in [2.45, 2.75) is 38.6 Å². The third-order valence-electron chi connectivity index (χ3n) is 5.19. The lowest BCUT2D eigenvalue weighted by Crippen LogP contribution is -2.31. The molecule has 0 bridgehead atoms. The van der Waals surface area contributed by atoms with Crippen LogP contribution in [0, 0.1) is 0 Å². The van der Waals surface area contributed by atoms with E-state index in [1.807, 2.05) is 18.2 Å². The summed E-state index contributed by atoms with van der Waals surface area (Å²) in [6, 6.07) is 12.3. The van der Waals surface area contributed by atoms with E-state index < -0.39 is 0 Å². The number of nitrogens with one attached hydrogen (secondary N) is 2. The van der Waals surface area contributed by atoms with Crippen LogP contribution < -0.4 is 16.4 Å². The molecule has 5 heteroatoms. The minimum Gasteiger partial charge on any atom is -0.370 e. The van der Waals surface area contributed by atoms with E-state index in [1.165, 1.54) is 24.0 Å². The fourth-order valence-corrected chi connectivity index (χ4v) is 3.81. The predicted molar refractivity (Wildman–Crippen MR) is 105 cm³/mol. The monoisotopic (exact) mass is 348 g/mol. The molecule has 0 radical (unpaired) electrons. The molecule has 4 N–H and O–H groups in total. The van der Waals surface area contributed by atoms with Gasteiger partial charge < -0.3 is 16.4 Å². The van der Waals surface area contributed by atoms with Crippen molar-refractivity contribution in [3.63, 3.8) is 0 Å². The maximum absolute atomic E-state index is 12.0. The topological polar surface area (TPSA) is 79.5 Å². The Bertz CT molecular complexity index is 872. The Kier molecular flexibility index (Phi) is 4.61. The van der Waals surface area contributed by atoms with Crippen LogP contribution in [-0.4, -0.2) is 18.4 Å². The Balaban J connectivity index is 1.48. The number of nitrogens with two attached hydrogens (primary N) is 1. The summed E-state index contributed by atoms with van der Waals surface area (Å²) in [6.07, 6.45) is 5.59. The number of fused-ring (bicyclic) bond motifs is 2. The molecule has 0 atom stereocenters. The summed E-state index contributed by atoms with van der Waals surface area (Å²) in [7, 11) is 0. The first-order valence-electron chi connectivity index (χ1n) is 9.28. The second-order valence-corrected chi connectivity index (χ2v) is 6.97. The molecule has 0 unspecified atom stereocenters. The van der Waals surface area contributed by atoms with Crippen molar-refractivity contribution >= 4 is 17.6 Å². The van der Waals surface area contributed by atoms with Gasteiger partial charge in [0, 0.05) is 17.8 Å². The van der Waals surface area contributed by atoms with E-state index in [9.17, 15) is 4.79 Å². The zero-order valence-electron chi connectivity index (χ0n) is 14.8. The highest BCUT2D eigenvalue weighted by molar-refractivity contribution is 5.97. The van der Waals surface area contributed by atoms with Gasteiger partial charge in [0.2, 0.25) is 0 Å². The molecule has 1 aliphatic carbocycles. The molecule has 2 aromatic rings. The van der Waals surface area contributed by atoms with Gasteiger partial charge in [0.25, 0.3) is 5.91 Å². The average Bonchev–Trinajstić information content (AvgIpc) is 2.67. The van der Waals surface area contributed by atoms with Gasteiger partial charge in [-0.05, 0) is 66.5 Å². The van der Waals surface area contributed by atoms with Gasteiger partial charge in [0.15, 0.2) is 5.96 Å². The number of anilines is 1.